The molecule has 3 nitrogen and oxygen atoms in total. The Hall–Kier alpha value is -1.12. The molecule has 0 atom stereocenters. The highest BCUT2D eigenvalue weighted by Gasteiger charge is 1.97. The largest absolute Gasteiger partial charge is 0.477 e. The van der Waals surface area contributed by atoms with Crippen LogP contribution < -0.4 is 0 Å². The van der Waals surface area contributed by atoms with E-state index < -0.39 is 5.97 Å². The molecule has 1 N–H and O–H groups in total. The van der Waals surface area contributed by atoms with Gasteiger partial charge in [0.05, 0.1) is 0 Å². The predicted octanol–water partition coefficient (Wildman–Crippen LogP) is 1.07. The van der Waals surface area contributed by atoms with Gasteiger partial charge in [-0.05, 0) is 6.42 Å². The van der Waals surface area contributed by atoms with Crippen molar-refractivity contribution < 1.29 is 9.90 Å². The van der Waals surface area contributed by atoms with Crippen LogP contribution in [0, 0.1) is 0 Å². The second kappa shape index (κ2) is 3.83. The van der Waals surface area contributed by atoms with E-state index in [9.17, 15) is 4.79 Å². The summed E-state index contributed by atoms with van der Waals surface area (Å²) in [5, 5.41) is 8.20. The van der Waals surface area contributed by atoms with Gasteiger partial charge in [-0.25, -0.2) is 4.79 Å². The Labute approximate surface area is 53.7 Å². The Morgan fingerprint density at radius 2 is 2.44 bits per heavy atom. The number of aliphatic imine (C=N–C) groups is 1. The van der Waals surface area contributed by atoms with E-state index in [1.165, 1.54) is 6.21 Å². The molecule has 9 heavy (non-hydrogen) atoms. The fraction of sp³-hybridized carbons (Fsp3) is 0.333. The molecule has 0 heterocycles. The van der Waals surface area contributed by atoms with Crippen LogP contribution in [0.15, 0.2) is 17.3 Å². The second-order valence-corrected chi connectivity index (χ2v) is 1.47. The quantitative estimate of drug-likeness (QED) is 0.455. The van der Waals surface area contributed by atoms with E-state index in [0.29, 0.717) is 0 Å². The molecule has 0 unspecified atom stereocenters. The van der Waals surface area contributed by atoms with Gasteiger partial charge < -0.3 is 5.11 Å². The van der Waals surface area contributed by atoms with Gasteiger partial charge in [-0.15, -0.1) is 0 Å². The molecule has 0 saturated heterocycles. The highest BCUT2D eigenvalue weighted by molar-refractivity contribution is 5.87. The van der Waals surface area contributed by atoms with E-state index in [4.69, 9.17) is 5.11 Å². The van der Waals surface area contributed by atoms with E-state index in [2.05, 4.69) is 11.6 Å². The smallest absolute Gasteiger partial charge is 0.353 e. The molecule has 0 bridgehead atoms. The van der Waals surface area contributed by atoms with Crippen molar-refractivity contribution in [2.45, 2.75) is 13.3 Å². The average Bonchev–Trinajstić information content (AvgIpc) is 1.82. The van der Waals surface area contributed by atoms with Crippen LogP contribution in [0.5, 0.6) is 0 Å². The molecular weight excluding hydrogens is 118 g/mol. The van der Waals surface area contributed by atoms with Crippen molar-refractivity contribution in [3.8, 4) is 0 Å². The molecule has 0 aliphatic rings. The first-order chi connectivity index (χ1) is 4.18. The zero-order valence-corrected chi connectivity index (χ0v) is 5.29. The first kappa shape index (κ1) is 7.88. The number of carbonyl (C=O) groups is 1. The second-order valence-electron chi connectivity index (χ2n) is 1.47. The van der Waals surface area contributed by atoms with E-state index >= 15 is 0 Å². The monoisotopic (exact) mass is 127 g/mol. The first-order valence-electron chi connectivity index (χ1n) is 2.63. The first-order valence-corrected chi connectivity index (χ1v) is 2.63. The van der Waals surface area contributed by atoms with Crippen molar-refractivity contribution in [1.29, 1.82) is 0 Å². The molecule has 3 heteroatoms. The number of rotatable bonds is 3. The number of carboxylic acids is 1. The number of hydrogen-bond donors (Lipinski definition) is 1. The molecule has 0 saturated carbocycles. The molecule has 0 rings (SSSR count). The summed E-state index contributed by atoms with van der Waals surface area (Å²) >= 11 is 0. The lowest BCUT2D eigenvalue weighted by molar-refractivity contribution is -0.132. The minimum Gasteiger partial charge on any atom is -0.477 e. The summed E-state index contributed by atoms with van der Waals surface area (Å²) in [6, 6.07) is 0. The number of carboxylic acid groups (broad SMARTS) is 1. The van der Waals surface area contributed by atoms with E-state index in [1.807, 2.05) is 6.92 Å². The lowest BCUT2D eigenvalue weighted by atomic mass is 10.5. The van der Waals surface area contributed by atoms with Gasteiger partial charge in [-0.2, -0.15) is 0 Å². The van der Waals surface area contributed by atoms with Gasteiger partial charge in [0, 0.05) is 6.21 Å². The van der Waals surface area contributed by atoms with Gasteiger partial charge in [-0.1, -0.05) is 13.5 Å². The number of aliphatic carboxylic acids is 1. The van der Waals surface area contributed by atoms with Crippen LogP contribution in [0.2, 0.25) is 0 Å². The van der Waals surface area contributed by atoms with Crippen molar-refractivity contribution in [2.75, 3.05) is 0 Å². The van der Waals surface area contributed by atoms with Crippen molar-refractivity contribution in [2.24, 2.45) is 4.99 Å². The average molecular weight is 127 g/mol. The van der Waals surface area contributed by atoms with E-state index in [1.54, 1.807) is 0 Å². The van der Waals surface area contributed by atoms with Crippen LogP contribution in [-0.2, 0) is 4.79 Å². The maximum absolute atomic E-state index is 9.99. The highest BCUT2D eigenvalue weighted by Crippen LogP contribution is 1.89. The standard InChI is InChI=1S/C6H9NO2/c1-3-4-7-5(2)6(8)9/h4H,2-3H2,1H3,(H,8,9). The van der Waals surface area contributed by atoms with Crippen LogP contribution in [-0.4, -0.2) is 17.3 Å². The van der Waals surface area contributed by atoms with Crippen molar-refractivity contribution in [3.63, 3.8) is 0 Å². The summed E-state index contributed by atoms with van der Waals surface area (Å²) < 4.78 is 0. The molecule has 0 aromatic heterocycles. The molecular formula is C6H9NO2. The third-order valence-corrected chi connectivity index (χ3v) is 0.677. The Morgan fingerprint density at radius 1 is 1.89 bits per heavy atom. The summed E-state index contributed by atoms with van der Waals surface area (Å²) in [7, 11) is 0. The zero-order chi connectivity index (χ0) is 7.28. The fourth-order valence-electron chi connectivity index (χ4n) is 0.257. The van der Waals surface area contributed by atoms with Crippen LogP contribution in [0.3, 0.4) is 0 Å². The van der Waals surface area contributed by atoms with Crippen LogP contribution >= 0.6 is 0 Å². The van der Waals surface area contributed by atoms with Gasteiger partial charge in [0.1, 0.15) is 5.70 Å². The zero-order valence-electron chi connectivity index (χ0n) is 5.29. The van der Waals surface area contributed by atoms with Gasteiger partial charge in [0.25, 0.3) is 0 Å². The van der Waals surface area contributed by atoms with Gasteiger partial charge in [-0.3, -0.25) is 4.99 Å². The highest BCUT2D eigenvalue weighted by atomic mass is 16.4. The normalized spacial score (nSPS) is 9.89. The SMILES string of the molecule is C=C(N=CCC)C(=O)O. The number of hydrogen-bond acceptors (Lipinski definition) is 2. The minimum absolute atomic E-state index is 0.114. The molecule has 50 valence electrons. The topological polar surface area (TPSA) is 49.7 Å². The molecule has 0 aromatic rings. The summed E-state index contributed by atoms with van der Waals surface area (Å²) in [5.41, 5.74) is -0.114. The molecule has 0 spiro atoms. The molecule has 0 aliphatic heterocycles. The third kappa shape index (κ3) is 3.46. The molecule has 0 fully saturated rings. The summed E-state index contributed by atoms with van der Waals surface area (Å²) in [5.74, 6) is -1.07. The molecule has 0 aromatic carbocycles. The predicted molar refractivity (Wildman–Crippen MR) is 35.6 cm³/mol. The van der Waals surface area contributed by atoms with Crippen molar-refractivity contribution in [3.05, 3.63) is 12.3 Å². The van der Waals surface area contributed by atoms with Crippen molar-refractivity contribution >= 4 is 12.2 Å². The Kier molecular flexibility index (Phi) is 3.35. The number of nitrogens with zero attached hydrogens (tertiary/aromatic N) is 1. The van der Waals surface area contributed by atoms with Gasteiger partial charge >= 0.3 is 5.97 Å². The van der Waals surface area contributed by atoms with Gasteiger partial charge in [0.15, 0.2) is 0 Å². The third-order valence-electron chi connectivity index (χ3n) is 0.677. The molecule has 0 amide bonds. The minimum atomic E-state index is -1.07. The summed E-state index contributed by atoms with van der Waals surface area (Å²) in [6.45, 7) is 5.07. The van der Waals surface area contributed by atoms with Crippen LogP contribution in [0.4, 0.5) is 0 Å². The fourth-order valence-corrected chi connectivity index (χ4v) is 0.257. The Bertz CT molecular complexity index is 149. The van der Waals surface area contributed by atoms with Crippen LogP contribution in [0.25, 0.3) is 0 Å². The van der Waals surface area contributed by atoms with Crippen molar-refractivity contribution in [1.82, 2.24) is 0 Å². The van der Waals surface area contributed by atoms with Gasteiger partial charge in [0.2, 0.25) is 0 Å². The van der Waals surface area contributed by atoms with E-state index in [-0.39, 0.29) is 5.70 Å². The van der Waals surface area contributed by atoms with E-state index in [0.717, 1.165) is 6.42 Å². The molecule has 0 radical (unpaired) electrons. The summed E-state index contributed by atoms with van der Waals surface area (Å²) in [4.78, 5) is 13.5. The Morgan fingerprint density at radius 3 is 2.78 bits per heavy atom. The van der Waals surface area contributed by atoms with Crippen LogP contribution in [0.1, 0.15) is 13.3 Å². The maximum atomic E-state index is 9.99. The lowest BCUT2D eigenvalue weighted by Gasteiger charge is -1.86. The maximum Gasteiger partial charge on any atom is 0.353 e. The summed E-state index contributed by atoms with van der Waals surface area (Å²) in [6.07, 6.45) is 2.24. The lowest BCUT2D eigenvalue weighted by Crippen LogP contribution is -1.95. The molecule has 0 aliphatic carbocycles. The Balaban J connectivity index is 3.77.